The highest BCUT2D eigenvalue weighted by Gasteiger charge is 2.33. The van der Waals surface area contributed by atoms with Crippen LogP contribution in [0.5, 0.6) is 5.75 Å². The lowest BCUT2D eigenvalue weighted by Gasteiger charge is -2.36. The summed E-state index contributed by atoms with van der Waals surface area (Å²) < 4.78 is 46.3. The first kappa shape index (κ1) is 24.4. The molecule has 37 heavy (non-hydrogen) atoms. The van der Waals surface area contributed by atoms with Gasteiger partial charge in [0, 0.05) is 49.1 Å². The number of ketones is 1. The Balaban J connectivity index is 1.38. The molecule has 0 unspecified atom stereocenters. The molecule has 9 heteroatoms. The molecule has 0 bridgehead atoms. The third-order valence-electron chi connectivity index (χ3n) is 6.60. The Labute approximate surface area is 211 Å². The molecule has 1 aliphatic rings. The average Bonchev–Trinajstić information content (AvgIpc) is 3.31. The van der Waals surface area contributed by atoms with Crippen molar-refractivity contribution in [2.75, 3.05) is 38.2 Å². The van der Waals surface area contributed by atoms with Crippen LogP contribution < -0.4 is 9.64 Å². The lowest BCUT2D eigenvalue weighted by Crippen LogP contribution is -2.50. The molecule has 1 aliphatic heterocycles. The van der Waals surface area contributed by atoms with Gasteiger partial charge < -0.3 is 18.9 Å². The topological polar surface area (TPSA) is 54.3 Å². The highest BCUT2D eigenvalue weighted by Crippen LogP contribution is 2.33. The van der Waals surface area contributed by atoms with Crippen LogP contribution in [0.2, 0.25) is 0 Å². The molecule has 190 valence electrons. The second-order valence-electron chi connectivity index (χ2n) is 8.79. The van der Waals surface area contributed by atoms with Gasteiger partial charge in [0.15, 0.2) is 0 Å². The van der Waals surface area contributed by atoms with Crippen LogP contribution in [0.1, 0.15) is 16.1 Å². The van der Waals surface area contributed by atoms with Gasteiger partial charge in [-0.15, -0.1) is 0 Å². The number of nitrogens with zero attached hydrogens (tertiary/aromatic N) is 3. The SMILES string of the molecule is COc1ccc(-c2cc3ccccn3c2C(=O)C(=O)N2CCN(c3cccc(C(F)(F)F)c3)CC2)cc1. The van der Waals surface area contributed by atoms with Crippen molar-refractivity contribution >= 4 is 22.9 Å². The predicted octanol–water partition coefficient (Wildman–Crippen LogP) is 5.17. The lowest BCUT2D eigenvalue weighted by atomic mass is 10.0. The van der Waals surface area contributed by atoms with Crippen LogP contribution in [0.25, 0.3) is 16.6 Å². The van der Waals surface area contributed by atoms with Crippen molar-refractivity contribution in [3.63, 3.8) is 0 Å². The minimum Gasteiger partial charge on any atom is -0.497 e. The van der Waals surface area contributed by atoms with Gasteiger partial charge in [-0.1, -0.05) is 24.3 Å². The van der Waals surface area contributed by atoms with E-state index in [0.29, 0.717) is 30.1 Å². The molecule has 0 aliphatic carbocycles. The average molecular weight is 508 g/mol. The molecule has 1 fully saturated rings. The zero-order chi connectivity index (χ0) is 26.2. The van der Waals surface area contributed by atoms with Crippen molar-refractivity contribution in [1.82, 2.24) is 9.30 Å². The van der Waals surface area contributed by atoms with Gasteiger partial charge in [-0.05, 0) is 54.1 Å². The minimum absolute atomic E-state index is 0.224. The second kappa shape index (κ2) is 9.65. The Morgan fingerprint density at radius 1 is 0.865 bits per heavy atom. The number of carbonyl (C=O) groups is 2. The number of alkyl halides is 3. The van der Waals surface area contributed by atoms with Crippen LogP contribution in [-0.4, -0.2) is 54.3 Å². The Kier molecular flexibility index (Phi) is 6.37. The lowest BCUT2D eigenvalue weighted by molar-refractivity contribution is -0.137. The van der Waals surface area contributed by atoms with E-state index in [-0.39, 0.29) is 18.8 Å². The van der Waals surface area contributed by atoms with Crippen molar-refractivity contribution in [3.05, 3.63) is 90.3 Å². The van der Waals surface area contributed by atoms with Gasteiger partial charge in [-0.25, -0.2) is 0 Å². The monoisotopic (exact) mass is 507 g/mol. The molecule has 4 aromatic rings. The summed E-state index contributed by atoms with van der Waals surface area (Å²) in [5.74, 6) is -0.595. The first-order valence-electron chi connectivity index (χ1n) is 11.8. The summed E-state index contributed by atoms with van der Waals surface area (Å²) in [6, 6.07) is 19.8. The molecule has 5 rings (SSSR count). The van der Waals surface area contributed by atoms with E-state index in [1.54, 1.807) is 46.9 Å². The summed E-state index contributed by atoms with van der Waals surface area (Å²) >= 11 is 0. The number of ether oxygens (including phenoxy) is 1. The van der Waals surface area contributed by atoms with Crippen molar-refractivity contribution in [2.24, 2.45) is 0 Å². The number of hydrogen-bond acceptors (Lipinski definition) is 4. The highest BCUT2D eigenvalue weighted by atomic mass is 19.4. The van der Waals surface area contributed by atoms with E-state index >= 15 is 0 Å². The van der Waals surface area contributed by atoms with Gasteiger partial charge in [0.2, 0.25) is 0 Å². The Bertz CT molecular complexity index is 1450. The molecular formula is C28H24F3N3O3. The number of pyridine rings is 1. The van der Waals surface area contributed by atoms with Gasteiger partial charge in [-0.2, -0.15) is 13.2 Å². The fourth-order valence-corrected chi connectivity index (χ4v) is 4.64. The summed E-state index contributed by atoms with van der Waals surface area (Å²) in [7, 11) is 1.57. The number of amides is 1. The molecule has 1 amide bonds. The van der Waals surface area contributed by atoms with Crippen molar-refractivity contribution < 1.29 is 27.5 Å². The summed E-state index contributed by atoms with van der Waals surface area (Å²) in [5.41, 5.74) is 2.17. The highest BCUT2D eigenvalue weighted by molar-refractivity contribution is 6.43. The van der Waals surface area contributed by atoms with E-state index in [0.717, 1.165) is 23.2 Å². The molecule has 0 N–H and O–H groups in total. The number of piperazine rings is 1. The largest absolute Gasteiger partial charge is 0.497 e. The third-order valence-corrected chi connectivity index (χ3v) is 6.60. The number of benzene rings is 2. The number of aromatic nitrogens is 1. The normalized spacial score (nSPS) is 14.2. The number of Topliss-reactive ketones (excluding diaryl/α,β-unsaturated/α-hetero) is 1. The summed E-state index contributed by atoms with van der Waals surface area (Å²) in [5, 5.41) is 0. The molecule has 0 saturated carbocycles. The van der Waals surface area contributed by atoms with Crippen molar-refractivity contribution in [1.29, 1.82) is 0 Å². The fraction of sp³-hybridized carbons (Fsp3) is 0.214. The van der Waals surface area contributed by atoms with Crippen LogP contribution in [0.3, 0.4) is 0 Å². The van der Waals surface area contributed by atoms with Gasteiger partial charge in [-0.3, -0.25) is 9.59 Å². The first-order chi connectivity index (χ1) is 17.8. The van der Waals surface area contributed by atoms with Crippen LogP contribution in [-0.2, 0) is 11.0 Å². The molecule has 0 radical (unpaired) electrons. The van der Waals surface area contributed by atoms with Crippen LogP contribution in [0.15, 0.2) is 79.0 Å². The Morgan fingerprint density at radius 3 is 2.27 bits per heavy atom. The summed E-state index contributed by atoms with van der Waals surface area (Å²) in [6.07, 6.45) is -2.68. The number of hydrogen-bond donors (Lipinski definition) is 0. The predicted molar refractivity (Wildman–Crippen MR) is 134 cm³/mol. The quantitative estimate of drug-likeness (QED) is 0.277. The molecule has 0 spiro atoms. The zero-order valence-corrected chi connectivity index (χ0v) is 20.0. The number of methoxy groups -OCH3 is 1. The third kappa shape index (κ3) is 4.76. The van der Waals surface area contributed by atoms with Gasteiger partial charge >= 0.3 is 6.18 Å². The first-order valence-corrected chi connectivity index (χ1v) is 11.8. The molecule has 1 saturated heterocycles. The Hall–Kier alpha value is -4.27. The van der Waals surface area contributed by atoms with E-state index in [2.05, 4.69) is 0 Å². The summed E-state index contributed by atoms with van der Waals surface area (Å²) in [4.78, 5) is 30.2. The smallest absolute Gasteiger partial charge is 0.416 e. The maximum Gasteiger partial charge on any atom is 0.416 e. The van der Waals surface area contributed by atoms with E-state index in [1.165, 1.54) is 11.0 Å². The van der Waals surface area contributed by atoms with Crippen molar-refractivity contribution in [3.8, 4) is 16.9 Å². The number of halogens is 3. The Morgan fingerprint density at radius 2 is 1.59 bits per heavy atom. The minimum atomic E-state index is -4.43. The van der Waals surface area contributed by atoms with Crippen LogP contribution >= 0.6 is 0 Å². The number of fused-ring (bicyclic) bond motifs is 1. The van der Waals surface area contributed by atoms with E-state index in [4.69, 9.17) is 4.74 Å². The number of rotatable bonds is 5. The van der Waals surface area contributed by atoms with Gasteiger partial charge in [0.25, 0.3) is 11.7 Å². The molecule has 2 aromatic carbocycles. The zero-order valence-electron chi connectivity index (χ0n) is 20.0. The summed E-state index contributed by atoms with van der Waals surface area (Å²) in [6.45, 7) is 1.09. The fourth-order valence-electron chi connectivity index (χ4n) is 4.64. The molecule has 0 atom stereocenters. The van der Waals surface area contributed by atoms with Gasteiger partial charge in [0.05, 0.1) is 12.7 Å². The van der Waals surface area contributed by atoms with Gasteiger partial charge in [0.1, 0.15) is 11.4 Å². The number of anilines is 1. The number of carbonyl (C=O) groups excluding carboxylic acids is 2. The maximum atomic E-state index is 13.6. The standard InChI is InChI=1S/C28H24F3N3O3/c1-37-23-10-8-19(9-11-23)24-18-22-6-2-3-12-34(22)25(24)26(35)27(36)33-15-13-32(14-16-33)21-7-4-5-20(17-21)28(29,30)31/h2-12,17-18H,13-16H2,1H3. The van der Waals surface area contributed by atoms with Crippen LogP contribution in [0, 0.1) is 0 Å². The molecule has 6 nitrogen and oxygen atoms in total. The van der Waals surface area contributed by atoms with E-state index in [1.807, 2.05) is 30.3 Å². The van der Waals surface area contributed by atoms with E-state index < -0.39 is 23.4 Å². The van der Waals surface area contributed by atoms with Crippen LogP contribution in [0.4, 0.5) is 18.9 Å². The molecular weight excluding hydrogens is 483 g/mol. The maximum absolute atomic E-state index is 13.6. The second-order valence-corrected chi connectivity index (χ2v) is 8.79. The van der Waals surface area contributed by atoms with Crippen molar-refractivity contribution in [2.45, 2.75) is 6.18 Å². The molecule has 2 aromatic heterocycles. The van der Waals surface area contributed by atoms with E-state index in [9.17, 15) is 22.8 Å². The molecule has 3 heterocycles.